The second-order valence-corrected chi connectivity index (χ2v) is 4.47. The number of allylic oxidation sites excluding steroid dienone is 1. The second kappa shape index (κ2) is 8.14. The zero-order valence-electron chi connectivity index (χ0n) is 11.9. The molecule has 0 aliphatic rings. The molecule has 0 aliphatic heterocycles. The molecule has 0 bridgehead atoms. The van der Waals surface area contributed by atoms with Crippen molar-refractivity contribution < 1.29 is 4.79 Å². The molecule has 3 nitrogen and oxygen atoms in total. The van der Waals surface area contributed by atoms with E-state index in [2.05, 4.69) is 5.32 Å². The number of hydrogen-bond acceptors (Lipinski definition) is 2. The number of nitrogens with one attached hydrogen (secondary N) is 1. The van der Waals surface area contributed by atoms with E-state index >= 15 is 0 Å². The Bertz CT molecular complexity index is 444. The highest BCUT2D eigenvalue weighted by molar-refractivity contribution is 5.91. The number of rotatable bonds is 6. The predicted molar refractivity (Wildman–Crippen MR) is 82.2 cm³/mol. The fourth-order valence-electron chi connectivity index (χ4n) is 1.56. The summed E-state index contributed by atoms with van der Waals surface area (Å²) < 4.78 is 0. The molecule has 0 aromatic heterocycles. The minimum Gasteiger partial charge on any atom is -0.378 e. The molecule has 0 unspecified atom stereocenters. The van der Waals surface area contributed by atoms with E-state index in [1.807, 2.05) is 68.4 Å². The molecule has 102 valence electrons. The summed E-state index contributed by atoms with van der Waals surface area (Å²) in [5, 5.41) is 2.83. The van der Waals surface area contributed by atoms with Crippen LogP contribution >= 0.6 is 0 Å². The fraction of sp³-hybridized carbons (Fsp3) is 0.312. The van der Waals surface area contributed by atoms with Crippen molar-refractivity contribution >= 4 is 17.7 Å². The van der Waals surface area contributed by atoms with Crippen molar-refractivity contribution in [3.8, 4) is 0 Å². The first-order valence-corrected chi connectivity index (χ1v) is 6.48. The molecule has 1 N–H and O–H groups in total. The number of benzene rings is 1. The standard InChI is InChI=1S/C16H22N2O/c1-4-5-6-13-17-16(19)12-9-14-7-10-15(11-8-14)18(2)3/h4-5,7-12H,6,13H2,1-3H3,(H,17,19)/b5-4+,12-9+. The van der Waals surface area contributed by atoms with E-state index in [1.54, 1.807) is 6.08 Å². The van der Waals surface area contributed by atoms with Crippen LogP contribution in [0.15, 0.2) is 42.5 Å². The van der Waals surface area contributed by atoms with Crippen LogP contribution in [0.25, 0.3) is 6.08 Å². The first-order chi connectivity index (χ1) is 9.13. The molecule has 0 heterocycles. The molecule has 3 heteroatoms. The normalized spacial score (nSPS) is 11.1. The Morgan fingerprint density at radius 2 is 1.95 bits per heavy atom. The molecule has 0 atom stereocenters. The van der Waals surface area contributed by atoms with Crippen molar-refractivity contribution in [3.63, 3.8) is 0 Å². The van der Waals surface area contributed by atoms with Crippen LogP contribution in [0, 0.1) is 0 Å². The largest absolute Gasteiger partial charge is 0.378 e. The van der Waals surface area contributed by atoms with Crippen LogP contribution in [-0.4, -0.2) is 26.5 Å². The van der Waals surface area contributed by atoms with Gasteiger partial charge in [0.25, 0.3) is 0 Å². The van der Waals surface area contributed by atoms with Crippen molar-refractivity contribution in [2.45, 2.75) is 13.3 Å². The summed E-state index contributed by atoms with van der Waals surface area (Å²) in [6, 6.07) is 8.06. The van der Waals surface area contributed by atoms with Crippen molar-refractivity contribution in [1.82, 2.24) is 5.32 Å². The van der Waals surface area contributed by atoms with Crippen LogP contribution in [0.4, 0.5) is 5.69 Å². The molecule has 19 heavy (non-hydrogen) atoms. The van der Waals surface area contributed by atoms with Gasteiger partial charge in [0, 0.05) is 32.4 Å². The molecular formula is C16H22N2O. The third-order valence-electron chi connectivity index (χ3n) is 2.68. The van der Waals surface area contributed by atoms with Gasteiger partial charge >= 0.3 is 0 Å². The lowest BCUT2D eigenvalue weighted by Gasteiger charge is -2.11. The SMILES string of the molecule is C/C=C/CCNC(=O)/C=C/c1ccc(N(C)C)cc1. The van der Waals surface area contributed by atoms with Gasteiger partial charge in [0.15, 0.2) is 0 Å². The lowest BCUT2D eigenvalue weighted by Crippen LogP contribution is -2.21. The van der Waals surface area contributed by atoms with E-state index in [4.69, 9.17) is 0 Å². The van der Waals surface area contributed by atoms with Crippen LogP contribution in [0.3, 0.4) is 0 Å². The van der Waals surface area contributed by atoms with Gasteiger partial charge in [-0.25, -0.2) is 0 Å². The zero-order chi connectivity index (χ0) is 14.1. The average Bonchev–Trinajstić information content (AvgIpc) is 2.42. The van der Waals surface area contributed by atoms with E-state index in [-0.39, 0.29) is 5.91 Å². The molecule has 1 rings (SSSR count). The van der Waals surface area contributed by atoms with Crippen molar-refractivity contribution in [1.29, 1.82) is 0 Å². The van der Waals surface area contributed by atoms with Crippen LogP contribution < -0.4 is 10.2 Å². The maximum atomic E-state index is 11.5. The summed E-state index contributed by atoms with van der Waals surface area (Å²) in [6.45, 7) is 2.65. The molecule has 0 saturated carbocycles. The summed E-state index contributed by atoms with van der Waals surface area (Å²) >= 11 is 0. The smallest absolute Gasteiger partial charge is 0.244 e. The van der Waals surface area contributed by atoms with Crippen molar-refractivity contribution in [3.05, 3.63) is 48.1 Å². The monoisotopic (exact) mass is 258 g/mol. The Kier molecular flexibility index (Phi) is 6.44. The van der Waals surface area contributed by atoms with Crippen molar-refractivity contribution in [2.24, 2.45) is 0 Å². The highest BCUT2D eigenvalue weighted by Crippen LogP contribution is 2.12. The van der Waals surface area contributed by atoms with Crippen LogP contribution in [-0.2, 0) is 4.79 Å². The number of carbonyl (C=O) groups excluding carboxylic acids is 1. The summed E-state index contributed by atoms with van der Waals surface area (Å²) in [5.74, 6) is -0.0545. The Labute approximate surface area is 115 Å². The third-order valence-corrected chi connectivity index (χ3v) is 2.68. The molecule has 0 aliphatic carbocycles. The molecular weight excluding hydrogens is 236 g/mol. The predicted octanol–water partition coefficient (Wildman–Crippen LogP) is 2.85. The number of anilines is 1. The number of carbonyl (C=O) groups is 1. The van der Waals surface area contributed by atoms with E-state index in [0.717, 1.165) is 17.7 Å². The first-order valence-electron chi connectivity index (χ1n) is 6.48. The Morgan fingerprint density at radius 3 is 2.53 bits per heavy atom. The van der Waals surface area contributed by atoms with Crippen LogP contribution in [0.1, 0.15) is 18.9 Å². The quantitative estimate of drug-likeness (QED) is 0.483. The first kappa shape index (κ1) is 15.0. The van der Waals surface area contributed by atoms with Gasteiger partial charge in [-0.2, -0.15) is 0 Å². The topological polar surface area (TPSA) is 32.3 Å². The molecule has 1 amide bonds. The van der Waals surface area contributed by atoms with Gasteiger partial charge in [0.2, 0.25) is 5.91 Å². The average molecular weight is 258 g/mol. The Morgan fingerprint density at radius 1 is 1.26 bits per heavy atom. The molecule has 0 fully saturated rings. The summed E-state index contributed by atoms with van der Waals surface area (Å²) in [5.41, 5.74) is 2.17. The molecule has 0 spiro atoms. The van der Waals surface area contributed by atoms with E-state index in [9.17, 15) is 4.79 Å². The maximum absolute atomic E-state index is 11.5. The van der Waals surface area contributed by atoms with E-state index in [1.165, 1.54) is 0 Å². The van der Waals surface area contributed by atoms with Gasteiger partial charge in [0.05, 0.1) is 0 Å². The lowest BCUT2D eigenvalue weighted by molar-refractivity contribution is -0.116. The minimum absolute atomic E-state index is 0.0545. The van der Waals surface area contributed by atoms with E-state index in [0.29, 0.717) is 6.54 Å². The Hall–Kier alpha value is -2.03. The summed E-state index contributed by atoms with van der Waals surface area (Å²) in [6.07, 6.45) is 8.27. The summed E-state index contributed by atoms with van der Waals surface area (Å²) in [7, 11) is 4.01. The van der Waals surface area contributed by atoms with Gasteiger partial charge in [-0.15, -0.1) is 0 Å². The fourth-order valence-corrected chi connectivity index (χ4v) is 1.56. The van der Waals surface area contributed by atoms with E-state index < -0.39 is 0 Å². The highest BCUT2D eigenvalue weighted by atomic mass is 16.1. The van der Waals surface area contributed by atoms with Crippen molar-refractivity contribution in [2.75, 3.05) is 25.5 Å². The van der Waals surface area contributed by atoms with Crippen LogP contribution in [0.5, 0.6) is 0 Å². The highest BCUT2D eigenvalue weighted by Gasteiger charge is 1.95. The molecule has 0 saturated heterocycles. The Balaban J connectivity index is 2.45. The zero-order valence-corrected chi connectivity index (χ0v) is 11.9. The number of nitrogens with zero attached hydrogens (tertiary/aromatic N) is 1. The molecule has 1 aromatic carbocycles. The number of amides is 1. The van der Waals surface area contributed by atoms with Crippen LogP contribution in [0.2, 0.25) is 0 Å². The third kappa shape index (κ3) is 5.91. The van der Waals surface area contributed by atoms with Gasteiger partial charge in [-0.05, 0) is 37.1 Å². The number of hydrogen-bond donors (Lipinski definition) is 1. The lowest BCUT2D eigenvalue weighted by atomic mass is 10.2. The summed E-state index contributed by atoms with van der Waals surface area (Å²) in [4.78, 5) is 13.6. The second-order valence-electron chi connectivity index (χ2n) is 4.47. The molecule has 0 radical (unpaired) electrons. The van der Waals surface area contributed by atoms with Gasteiger partial charge in [0.1, 0.15) is 0 Å². The van der Waals surface area contributed by atoms with Gasteiger partial charge < -0.3 is 10.2 Å². The molecule has 1 aromatic rings. The maximum Gasteiger partial charge on any atom is 0.244 e. The van der Waals surface area contributed by atoms with Gasteiger partial charge in [-0.1, -0.05) is 24.3 Å². The minimum atomic E-state index is -0.0545. The van der Waals surface area contributed by atoms with Gasteiger partial charge in [-0.3, -0.25) is 4.79 Å².